The first-order chi connectivity index (χ1) is 10.6. The molecule has 128 valence electrons. The van der Waals surface area contributed by atoms with E-state index in [-0.39, 0.29) is 12.4 Å². The number of hydrogen-bond acceptors (Lipinski definition) is 6. The summed E-state index contributed by atoms with van der Waals surface area (Å²) in [5.41, 5.74) is 3.27. The van der Waals surface area contributed by atoms with Gasteiger partial charge in [0, 0.05) is 18.5 Å². The molecule has 3 aliphatic rings. The molecule has 6 heteroatoms. The largest absolute Gasteiger partial charge is 0.301 e. The van der Waals surface area contributed by atoms with E-state index in [1.165, 1.54) is 32.2 Å². The molecule has 0 amide bonds. The van der Waals surface area contributed by atoms with Crippen LogP contribution in [0, 0.1) is 5.92 Å². The van der Waals surface area contributed by atoms with Crippen LogP contribution in [0.2, 0.25) is 0 Å². The summed E-state index contributed by atoms with van der Waals surface area (Å²) in [6.45, 7) is 6.81. The lowest BCUT2D eigenvalue weighted by atomic mass is 9.94. The molecule has 0 saturated carbocycles. The summed E-state index contributed by atoms with van der Waals surface area (Å²) in [6, 6.07) is 1.10. The Morgan fingerprint density at radius 2 is 2.00 bits per heavy atom. The van der Waals surface area contributed by atoms with Crippen LogP contribution in [0.4, 0.5) is 0 Å². The van der Waals surface area contributed by atoms with Crippen molar-refractivity contribution >= 4 is 0 Å². The third-order valence-electron chi connectivity index (χ3n) is 5.54. The lowest BCUT2D eigenvalue weighted by Crippen LogP contribution is -2.54. The smallest absolute Gasteiger partial charge is 0.146 e. The molecule has 6 nitrogen and oxygen atoms in total. The summed E-state index contributed by atoms with van der Waals surface area (Å²) < 4.78 is 0. The van der Waals surface area contributed by atoms with Crippen LogP contribution in [0.1, 0.15) is 39.5 Å². The Morgan fingerprint density at radius 1 is 1.18 bits per heavy atom. The van der Waals surface area contributed by atoms with E-state index in [4.69, 9.17) is 4.84 Å². The van der Waals surface area contributed by atoms with Gasteiger partial charge in [-0.3, -0.25) is 20.0 Å². The Bertz CT molecular complexity index is 356. The van der Waals surface area contributed by atoms with E-state index >= 15 is 0 Å². The van der Waals surface area contributed by atoms with Crippen LogP contribution in [-0.2, 0) is 4.84 Å². The Balaban J connectivity index is 1.50. The Kier molecular flexibility index (Phi) is 5.37. The highest BCUT2D eigenvalue weighted by molar-refractivity contribution is 4.92. The predicted octanol–water partition coefficient (Wildman–Crippen LogP) is 0.523. The molecule has 22 heavy (non-hydrogen) atoms. The van der Waals surface area contributed by atoms with Gasteiger partial charge in [0.05, 0.1) is 18.4 Å². The summed E-state index contributed by atoms with van der Waals surface area (Å²) in [4.78, 5) is 10.8. The Labute approximate surface area is 134 Å². The molecule has 3 rings (SSSR count). The number of hydroxylamine groups is 1. The molecule has 3 aliphatic heterocycles. The molecule has 0 aromatic heterocycles. The van der Waals surface area contributed by atoms with Crippen molar-refractivity contribution in [3.63, 3.8) is 0 Å². The SMILES string of the molecule is CC(C)N1CCC[C@H]1C1NC(C2CCC(N(C)C)NC2)NO1. The molecule has 3 N–H and O–H groups in total. The maximum atomic E-state index is 5.92. The van der Waals surface area contributed by atoms with E-state index < -0.39 is 0 Å². The number of nitrogens with zero attached hydrogens (tertiary/aromatic N) is 2. The van der Waals surface area contributed by atoms with Crippen LogP contribution in [0.3, 0.4) is 0 Å². The fourth-order valence-corrected chi connectivity index (χ4v) is 4.18. The van der Waals surface area contributed by atoms with Crippen LogP contribution in [0.15, 0.2) is 0 Å². The maximum absolute atomic E-state index is 5.92. The molecule has 0 aliphatic carbocycles. The summed E-state index contributed by atoms with van der Waals surface area (Å²) in [5.74, 6) is 0.593. The van der Waals surface area contributed by atoms with Crippen LogP contribution in [-0.4, -0.2) is 67.6 Å². The van der Waals surface area contributed by atoms with Gasteiger partial charge in [0.1, 0.15) is 6.23 Å². The molecule has 5 atom stereocenters. The predicted molar refractivity (Wildman–Crippen MR) is 88.0 cm³/mol. The maximum Gasteiger partial charge on any atom is 0.146 e. The van der Waals surface area contributed by atoms with Gasteiger partial charge in [0.2, 0.25) is 0 Å². The van der Waals surface area contributed by atoms with Crippen molar-refractivity contribution in [3.8, 4) is 0 Å². The molecular weight excluding hydrogens is 278 g/mol. The fraction of sp³-hybridized carbons (Fsp3) is 1.00. The van der Waals surface area contributed by atoms with E-state index in [2.05, 4.69) is 53.9 Å². The van der Waals surface area contributed by atoms with Gasteiger partial charge >= 0.3 is 0 Å². The first-order valence-corrected chi connectivity index (χ1v) is 8.89. The molecule has 3 fully saturated rings. The minimum absolute atomic E-state index is 0.126. The first-order valence-electron chi connectivity index (χ1n) is 8.89. The fourth-order valence-electron chi connectivity index (χ4n) is 4.18. The minimum atomic E-state index is 0.126. The van der Waals surface area contributed by atoms with Gasteiger partial charge in [-0.2, -0.15) is 5.48 Å². The second-order valence-electron chi connectivity index (χ2n) is 7.57. The zero-order valence-corrected chi connectivity index (χ0v) is 14.5. The summed E-state index contributed by atoms with van der Waals surface area (Å²) >= 11 is 0. The van der Waals surface area contributed by atoms with Gasteiger partial charge < -0.3 is 5.32 Å². The summed E-state index contributed by atoms with van der Waals surface area (Å²) in [5, 5.41) is 7.34. The third kappa shape index (κ3) is 3.47. The molecule has 0 aromatic rings. The van der Waals surface area contributed by atoms with Crippen LogP contribution >= 0.6 is 0 Å². The van der Waals surface area contributed by atoms with Crippen LogP contribution in [0.5, 0.6) is 0 Å². The molecule has 0 radical (unpaired) electrons. The van der Waals surface area contributed by atoms with Crippen molar-refractivity contribution in [1.82, 2.24) is 25.9 Å². The minimum Gasteiger partial charge on any atom is -0.301 e. The van der Waals surface area contributed by atoms with Gasteiger partial charge in [-0.05, 0) is 60.2 Å². The zero-order chi connectivity index (χ0) is 15.7. The summed E-state index contributed by atoms with van der Waals surface area (Å²) in [6.07, 6.45) is 5.86. The second kappa shape index (κ2) is 7.11. The van der Waals surface area contributed by atoms with Gasteiger partial charge in [0.25, 0.3) is 0 Å². The highest BCUT2D eigenvalue weighted by Gasteiger charge is 2.41. The molecule has 4 unspecified atom stereocenters. The molecule has 3 saturated heterocycles. The van der Waals surface area contributed by atoms with Crippen molar-refractivity contribution in [1.29, 1.82) is 0 Å². The average molecular weight is 311 g/mol. The first kappa shape index (κ1) is 16.6. The number of hydrogen-bond donors (Lipinski definition) is 3. The molecular formula is C16H33N5O. The van der Waals surface area contributed by atoms with Crippen molar-refractivity contribution in [2.24, 2.45) is 5.92 Å². The highest BCUT2D eigenvalue weighted by atomic mass is 16.7. The number of likely N-dealkylation sites (tertiary alicyclic amines) is 1. The monoisotopic (exact) mass is 311 g/mol. The van der Waals surface area contributed by atoms with Crippen molar-refractivity contribution in [2.45, 2.75) is 70.2 Å². The second-order valence-corrected chi connectivity index (χ2v) is 7.57. The van der Waals surface area contributed by atoms with E-state index in [0.717, 1.165) is 6.54 Å². The molecule has 0 spiro atoms. The van der Waals surface area contributed by atoms with Gasteiger partial charge in [0.15, 0.2) is 0 Å². The van der Waals surface area contributed by atoms with Gasteiger partial charge in [-0.25, -0.2) is 0 Å². The van der Waals surface area contributed by atoms with Crippen molar-refractivity contribution in [2.75, 3.05) is 27.2 Å². The van der Waals surface area contributed by atoms with Crippen LogP contribution in [0.25, 0.3) is 0 Å². The molecule has 0 bridgehead atoms. The summed E-state index contributed by atoms with van der Waals surface area (Å²) in [7, 11) is 4.29. The van der Waals surface area contributed by atoms with E-state index in [1.54, 1.807) is 0 Å². The third-order valence-corrected chi connectivity index (χ3v) is 5.54. The average Bonchev–Trinajstić information content (AvgIpc) is 3.16. The lowest BCUT2D eigenvalue weighted by molar-refractivity contribution is -0.0295. The van der Waals surface area contributed by atoms with E-state index in [0.29, 0.717) is 24.2 Å². The number of rotatable bonds is 4. The van der Waals surface area contributed by atoms with E-state index in [1.807, 2.05) is 0 Å². The van der Waals surface area contributed by atoms with E-state index in [9.17, 15) is 0 Å². The normalized spacial score (nSPS) is 40.9. The standard InChI is InChI=1S/C16H33N5O/c1-11(2)21-9-5-6-13(21)16-18-15(19-22-16)12-7-8-14(17-10-12)20(3)4/h11-19H,5-10H2,1-4H3/t12?,13-,14?,15?,16?/m0/s1. The Hall–Kier alpha value is -0.240. The van der Waals surface area contributed by atoms with Gasteiger partial charge in [-0.15, -0.1) is 0 Å². The Morgan fingerprint density at radius 3 is 2.64 bits per heavy atom. The van der Waals surface area contributed by atoms with Gasteiger partial charge in [-0.1, -0.05) is 0 Å². The van der Waals surface area contributed by atoms with Crippen molar-refractivity contribution in [3.05, 3.63) is 0 Å². The topological polar surface area (TPSA) is 51.8 Å². The molecule has 3 heterocycles. The van der Waals surface area contributed by atoms with Crippen LogP contribution < -0.4 is 16.1 Å². The zero-order valence-electron chi connectivity index (χ0n) is 14.5. The quantitative estimate of drug-likeness (QED) is 0.704. The number of nitrogens with one attached hydrogen (secondary N) is 3. The highest BCUT2D eigenvalue weighted by Crippen LogP contribution is 2.27. The number of piperidine rings is 1. The lowest BCUT2D eigenvalue weighted by Gasteiger charge is -2.36. The van der Waals surface area contributed by atoms with Crippen molar-refractivity contribution < 1.29 is 4.84 Å². The molecule has 0 aromatic carbocycles.